The van der Waals surface area contributed by atoms with Gasteiger partial charge in [0.15, 0.2) is 17.6 Å². The third-order valence-corrected chi connectivity index (χ3v) is 4.12. The molecule has 3 rings (SSSR count). The van der Waals surface area contributed by atoms with E-state index in [9.17, 15) is 10.2 Å². The molecule has 3 aliphatic rings. The number of nitrogens with one attached hydrogen (secondary N) is 1. The summed E-state index contributed by atoms with van der Waals surface area (Å²) in [5.41, 5.74) is 15.4. The maximum absolute atomic E-state index is 10.4. The van der Waals surface area contributed by atoms with Gasteiger partial charge in [-0.2, -0.15) is 0 Å². The second-order valence-corrected chi connectivity index (χ2v) is 5.35. The molecule has 0 bridgehead atoms. The molecule has 0 radical (unpaired) electrons. The van der Waals surface area contributed by atoms with E-state index in [0.717, 1.165) is 0 Å². The summed E-state index contributed by atoms with van der Waals surface area (Å²) in [6, 6.07) is -1.40. The molecule has 3 aliphatic heterocycles. The van der Waals surface area contributed by atoms with E-state index in [1.54, 1.807) is 0 Å². The molecule has 0 aliphatic carbocycles. The van der Waals surface area contributed by atoms with Gasteiger partial charge in [0, 0.05) is 13.0 Å². The fourth-order valence-corrected chi connectivity index (χ4v) is 3.26. The Bertz CT molecular complexity index is 508. The SMILES string of the molecule is NC1=N[C@H]2[C@H](COC(N)O)N=C(N)N3CCC(O)(O)[C@]23N1. The average Bonchev–Trinajstić information content (AvgIpc) is 2.85. The molecule has 1 unspecified atom stereocenters. The van der Waals surface area contributed by atoms with Crippen LogP contribution in [-0.2, 0) is 4.74 Å². The quantitative estimate of drug-likeness (QED) is 0.251. The van der Waals surface area contributed by atoms with Gasteiger partial charge >= 0.3 is 0 Å². The van der Waals surface area contributed by atoms with Crippen molar-refractivity contribution in [2.24, 2.45) is 27.2 Å². The molecular weight excluding hydrogens is 282 g/mol. The van der Waals surface area contributed by atoms with Gasteiger partial charge in [-0.05, 0) is 0 Å². The lowest BCUT2D eigenvalue weighted by Gasteiger charge is -2.48. The van der Waals surface area contributed by atoms with E-state index >= 15 is 0 Å². The minimum Gasteiger partial charge on any atom is -0.370 e. The van der Waals surface area contributed by atoms with Crippen molar-refractivity contribution in [1.82, 2.24) is 10.2 Å². The first-order chi connectivity index (χ1) is 9.78. The molecule has 4 atom stereocenters. The summed E-state index contributed by atoms with van der Waals surface area (Å²) in [6.45, 7) is 0.203. The predicted octanol–water partition coefficient (Wildman–Crippen LogP) is -4.70. The Kier molecular flexibility index (Phi) is 3.00. The molecule has 0 aromatic rings. The molecule has 1 spiro atoms. The van der Waals surface area contributed by atoms with Crippen LogP contribution in [-0.4, -0.2) is 75.2 Å². The van der Waals surface area contributed by atoms with Crippen molar-refractivity contribution < 1.29 is 20.1 Å². The lowest BCUT2D eigenvalue weighted by atomic mass is 9.87. The number of aliphatic hydroxyl groups is 3. The molecule has 10 N–H and O–H groups in total. The van der Waals surface area contributed by atoms with Gasteiger partial charge in [-0.1, -0.05) is 0 Å². The molecular formula is C10H19N7O4. The number of aliphatic imine (C=N–C) groups is 2. The Labute approximate surface area is 120 Å². The van der Waals surface area contributed by atoms with E-state index < -0.39 is 29.9 Å². The number of ether oxygens (including phenoxy) is 1. The van der Waals surface area contributed by atoms with Gasteiger partial charge in [-0.3, -0.25) is 5.73 Å². The van der Waals surface area contributed by atoms with Gasteiger partial charge in [0.05, 0.1) is 6.61 Å². The van der Waals surface area contributed by atoms with Crippen LogP contribution in [0.1, 0.15) is 6.42 Å². The Morgan fingerprint density at radius 3 is 2.81 bits per heavy atom. The van der Waals surface area contributed by atoms with Gasteiger partial charge in [-0.15, -0.1) is 0 Å². The van der Waals surface area contributed by atoms with Crippen LogP contribution in [0.3, 0.4) is 0 Å². The maximum atomic E-state index is 10.4. The summed E-state index contributed by atoms with van der Waals surface area (Å²) in [6.07, 6.45) is -1.41. The van der Waals surface area contributed by atoms with Gasteiger partial charge in [0.1, 0.15) is 12.1 Å². The van der Waals surface area contributed by atoms with Crippen LogP contribution in [0.25, 0.3) is 0 Å². The fourth-order valence-electron chi connectivity index (χ4n) is 3.26. The first-order valence-corrected chi connectivity index (χ1v) is 6.50. The third-order valence-electron chi connectivity index (χ3n) is 4.12. The van der Waals surface area contributed by atoms with Crippen molar-refractivity contribution in [2.45, 2.75) is 36.4 Å². The first-order valence-electron chi connectivity index (χ1n) is 6.50. The van der Waals surface area contributed by atoms with Crippen molar-refractivity contribution in [3.8, 4) is 0 Å². The van der Waals surface area contributed by atoms with Crippen LogP contribution < -0.4 is 22.5 Å². The predicted molar refractivity (Wildman–Crippen MR) is 71.3 cm³/mol. The smallest absolute Gasteiger partial charge is 0.210 e. The second-order valence-electron chi connectivity index (χ2n) is 5.35. The molecule has 21 heavy (non-hydrogen) atoms. The molecule has 11 heteroatoms. The summed E-state index contributed by atoms with van der Waals surface area (Å²) < 4.78 is 4.94. The van der Waals surface area contributed by atoms with Crippen molar-refractivity contribution in [2.75, 3.05) is 13.2 Å². The van der Waals surface area contributed by atoms with Gasteiger partial charge in [0.2, 0.25) is 12.2 Å². The normalized spacial score (nSPS) is 38.2. The monoisotopic (exact) mass is 301 g/mol. The number of aliphatic hydroxyl groups excluding tert-OH is 1. The van der Waals surface area contributed by atoms with Crippen LogP contribution in [0.15, 0.2) is 9.98 Å². The zero-order valence-electron chi connectivity index (χ0n) is 11.2. The van der Waals surface area contributed by atoms with Gasteiger partial charge in [-0.25, -0.2) is 9.98 Å². The zero-order valence-corrected chi connectivity index (χ0v) is 11.2. The molecule has 1 fully saturated rings. The summed E-state index contributed by atoms with van der Waals surface area (Å²) in [7, 11) is 0. The molecule has 1 saturated heterocycles. The number of hydrogen-bond acceptors (Lipinski definition) is 11. The molecule has 0 aromatic heterocycles. The number of nitrogens with two attached hydrogens (primary N) is 3. The molecule has 0 aromatic carbocycles. The van der Waals surface area contributed by atoms with Crippen molar-refractivity contribution >= 4 is 11.9 Å². The molecule has 118 valence electrons. The minimum atomic E-state index is -2.09. The number of guanidine groups is 2. The minimum absolute atomic E-state index is 0.0579. The van der Waals surface area contributed by atoms with E-state index in [-0.39, 0.29) is 24.9 Å². The highest BCUT2D eigenvalue weighted by molar-refractivity contribution is 5.87. The van der Waals surface area contributed by atoms with E-state index in [1.165, 1.54) is 4.90 Å². The largest absolute Gasteiger partial charge is 0.370 e. The fraction of sp³-hybridized carbons (Fsp3) is 0.800. The standard InChI is InChI=1S/C10H19N7O4/c11-6-15-5-4(3-21-8(13)18)14-7(12)17-2-1-9(19,20)10(5,17)16-6/h4-5,8,18-20H,1-3,13H2,(H2,12,14)(H3,11,15,16)/t4-,5-,8?,10-/m0/s1. The van der Waals surface area contributed by atoms with E-state index in [0.29, 0.717) is 6.54 Å². The Morgan fingerprint density at radius 2 is 2.14 bits per heavy atom. The van der Waals surface area contributed by atoms with Crippen molar-refractivity contribution in [1.29, 1.82) is 0 Å². The van der Waals surface area contributed by atoms with Crippen LogP contribution in [0, 0.1) is 0 Å². The molecule has 11 nitrogen and oxygen atoms in total. The van der Waals surface area contributed by atoms with E-state index in [2.05, 4.69) is 15.3 Å². The Morgan fingerprint density at radius 1 is 1.43 bits per heavy atom. The van der Waals surface area contributed by atoms with Crippen LogP contribution >= 0.6 is 0 Å². The van der Waals surface area contributed by atoms with Crippen LogP contribution in [0.5, 0.6) is 0 Å². The van der Waals surface area contributed by atoms with Crippen LogP contribution in [0.4, 0.5) is 0 Å². The lowest BCUT2D eigenvalue weighted by Crippen LogP contribution is -2.76. The number of rotatable bonds is 3. The molecule has 0 amide bonds. The van der Waals surface area contributed by atoms with Gasteiger partial charge in [0.25, 0.3) is 0 Å². The topological polar surface area (TPSA) is 188 Å². The average molecular weight is 301 g/mol. The highest BCUT2D eigenvalue weighted by atomic mass is 16.6. The van der Waals surface area contributed by atoms with E-state index in [4.69, 9.17) is 27.0 Å². The van der Waals surface area contributed by atoms with E-state index in [1.807, 2.05) is 0 Å². The lowest BCUT2D eigenvalue weighted by molar-refractivity contribution is -0.222. The Hall–Kier alpha value is -1.66. The molecule has 0 saturated carbocycles. The maximum Gasteiger partial charge on any atom is 0.210 e. The summed E-state index contributed by atoms with van der Waals surface area (Å²) in [5.74, 6) is -1.92. The van der Waals surface area contributed by atoms with Crippen LogP contribution in [0.2, 0.25) is 0 Å². The number of nitrogens with zero attached hydrogens (tertiary/aromatic N) is 3. The summed E-state index contributed by atoms with van der Waals surface area (Å²) in [5, 5.41) is 32.6. The van der Waals surface area contributed by atoms with Crippen molar-refractivity contribution in [3.05, 3.63) is 0 Å². The highest BCUT2D eigenvalue weighted by Gasteiger charge is 2.69. The second kappa shape index (κ2) is 4.42. The summed E-state index contributed by atoms with van der Waals surface area (Å²) >= 11 is 0. The third kappa shape index (κ3) is 1.86. The summed E-state index contributed by atoms with van der Waals surface area (Å²) in [4.78, 5) is 9.97. The highest BCUT2D eigenvalue weighted by Crippen LogP contribution is 2.44. The van der Waals surface area contributed by atoms with Crippen molar-refractivity contribution in [3.63, 3.8) is 0 Å². The first kappa shape index (κ1) is 14.3. The Balaban J connectivity index is 1.99. The number of hydrogen-bond donors (Lipinski definition) is 7. The molecule has 3 heterocycles. The van der Waals surface area contributed by atoms with Gasteiger partial charge < -0.3 is 41.7 Å². The zero-order chi connectivity index (χ0) is 15.4.